The summed E-state index contributed by atoms with van der Waals surface area (Å²) in [5.41, 5.74) is 2.01. The monoisotopic (exact) mass is 278 g/mol. The van der Waals surface area contributed by atoms with E-state index in [1.807, 2.05) is 18.2 Å². The lowest BCUT2D eigenvalue weighted by atomic mass is 10.1. The average molecular weight is 279 g/mol. The van der Waals surface area contributed by atoms with Gasteiger partial charge < -0.3 is 9.64 Å². The van der Waals surface area contributed by atoms with Crippen molar-refractivity contribution in [3.8, 4) is 5.75 Å². The summed E-state index contributed by atoms with van der Waals surface area (Å²) < 4.78 is 5.24. The molecule has 1 heterocycles. The van der Waals surface area contributed by atoms with E-state index in [0.717, 1.165) is 41.6 Å². The summed E-state index contributed by atoms with van der Waals surface area (Å²) in [4.78, 5) is 6.62. The molecular formula is C15H19ClN2O. The molecule has 0 atom stereocenters. The molecule has 102 valence electrons. The second-order valence-electron chi connectivity index (χ2n) is 4.90. The number of benzene rings is 1. The van der Waals surface area contributed by atoms with E-state index in [4.69, 9.17) is 16.3 Å². The van der Waals surface area contributed by atoms with Crippen LogP contribution in [-0.4, -0.2) is 37.6 Å². The Labute approximate surface area is 119 Å². The van der Waals surface area contributed by atoms with E-state index >= 15 is 0 Å². The van der Waals surface area contributed by atoms with Crippen LogP contribution < -0.4 is 4.74 Å². The molecule has 1 aromatic heterocycles. The van der Waals surface area contributed by atoms with E-state index in [-0.39, 0.29) is 0 Å². The van der Waals surface area contributed by atoms with Crippen LogP contribution in [0.2, 0.25) is 5.15 Å². The molecule has 19 heavy (non-hydrogen) atoms. The number of hydrogen-bond acceptors (Lipinski definition) is 3. The Morgan fingerprint density at radius 1 is 1.26 bits per heavy atom. The first-order chi connectivity index (χ1) is 9.10. The molecular weight excluding hydrogens is 260 g/mol. The number of ether oxygens (including phenoxy) is 1. The van der Waals surface area contributed by atoms with Gasteiger partial charge in [-0.25, -0.2) is 4.98 Å². The Morgan fingerprint density at radius 2 is 2.05 bits per heavy atom. The highest BCUT2D eigenvalue weighted by molar-refractivity contribution is 6.30. The largest absolute Gasteiger partial charge is 0.497 e. The van der Waals surface area contributed by atoms with E-state index in [1.54, 1.807) is 7.11 Å². The van der Waals surface area contributed by atoms with Crippen molar-refractivity contribution in [1.29, 1.82) is 0 Å². The molecule has 2 aromatic rings. The van der Waals surface area contributed by atoms with Gasteiger partial charge in [0.2, 0.25) is 0 Å². The molecule has 0 aliphatic rings. The molecule has 3 nitrogen and oxygen atoms in total. The number of halogens is 1. The quantitative estimate of drug-likeness (QED) is 0.784. The number of pyridine rings is 1. The van der Waals surface area contributed by atoms with E-state index in [9.17, 15) is 0 Å². The van der Waals surface area contributed by atoms with Crippen LogP contribution in [0.25, 0.3) is 10.9 Å². The number of fused-ring (bicyclic) bond motifs is 1. The first kappa shape index (κ1) is 14.1. The van der Waals surface area contributed by atoms with E-state index < -0.39 is 0 Å². The van der Waals surface area contributed by atoms with E-state index in [0.29, 0.717) is 5.15 Å². The predicted molar refractivity (Wildman–Crippen MR) is 80.2 cm³/mol. The zero-order chi connectivity index (χ0) is 13.8. The van der Waals surface area contributed by atoms with Gasteiger partial charge in [-0.1, -0.05) is 11.6 Å². The molecule has 0 aliphatic carbocycles. The van der Waals surface area contributed by atoms with Gasteiger partial charge in [-0.05, 0) is 63.3 Å². The summed E-state index contributed by atoms with van der Waals surface area (Å²) in [7, 11) is 5.82. The zero-order valence-electron chi connectivity index (χ0n) is 11.6. The Hall–Kier alpha value is -1.32. The maximum absolute atomic E-state index is 6.24. The highest BCUT2D eigenvalue weighted by Gasteiger charge is 2.06. The van der Waals surface area contributed by atoms with Gasteiger partial charge in [-0.2, -0.15) is 0 Å². The van der Waals surface area contributed by atoms with Gasteiger partial charge >= 0.3 is 0 Å². The number of nitrogens with zero attached hydrogens (tertiary/aromatic N) is 2. The van der Waals surface area contributed by atoms with E-state index in [2.05, 4.69) is 30.0 Å². The van der Waals surface area contributed by atoms with E-state index in [1.165, 1.54) is 0 Å². The Morgan fingerprint density at radius 3 is 2.74 bits per heavy atom. The van der Waals surface area contributed by atoms with Crippen molar-refractivity contribution in [2.24, 2.45) is 0 Å². The lowest BCUT2D eigenvalue weighted by molar-refractivity contribution is 0.400. The Bertz CT molecular complexity index is 569. The third kappa shape index (κ3) is 3.58. The van der Waals surface area contributed by atoms with Crippen LogP contribution in [0.15, 0.2) is 24.3 Å². The molecule has 4 heteroatoms. The molecule has 0 bridgehead atoms. The summed E-state index contributed by atoms with van der Waals surface area (Å²) in [6, 6.07) is 7.94. The lowest BCUT2D eigenvalue weighted by Crippen LogP contribution is -2.13. The normalized spacial score (nSPS) is 11.2. The molecule has 2 rings (SSSR count). The van der Waals surface area contributed by atoms with Crippen LogP contribution >= 0.6 is 11.6 Å². The van der Waals surface area contributed by atoms with Gasteiger partial charge in [0, 0.05) is 5.39 Å². The molecule has 0 radical (unpaired) electrons. The van der Waals surface area contributed by atoms with Gasteiger partial charge in [-0.3, -0.25) is 0 Å². The van der Waals surface area contributed by atoms with Crippen molar-refractivity contribution in [3.63, 3.8) is 0 Å². The Balaban J connectivity index is 2.25. The topological polar surface area (TPSA) is 25.4 Å². The summed E-state index contributed by atoms with van der Waals surface area (Å²) in [6.07, 6.45) is 2.01. The fraction of sp³-hybridized carbons (Fsp3) is 0.400. The van der Waals surface area contributed by atoms with Gasteiger partial charge in [-0.15, -0.1) is 0 Å². The third-order valence-electron chi connectivity index (χ3n) is 3.10. The molecule has 0 amide bonds. The van der Waals surface area contributed by atoms with Crippen LogP contribution in [0.5, 0.6) is 5.75 Å². The average Bonchev–Trinajstić information content (AvgIpc) is 2.38. The highest BCUT2D eigenvalue weighted by Crippen LogP contribution is 2.25. The number of methoxy groups -OCH3 is 1. The summed E-state index contributed by atoms with van der Waals surface area (Å²) >= 11 is 6.24. The minimum absolute atomic E-state index is 0.608. The molecule has 0 N–H and O–H groups in total. The highest BCUT2D eigenvalue weighted by atomic mass is 35.5. The third-order valence-corrected chi connectivity index (χ3v) is 3.43. The van der Waals surface area contributed by atoms with Gasteiger partial charge in [0.25, 0.3) is 0 Å². The van der Waals surface area contributed by atoms with Crippen LogP contribution in [0.1, 0.15) is 12.0 Å². The van der Waals surface area contributed by atoms with Crippen LogP contribution in [0.4, 0.5) is 0 Å². The minimum atomic E-state index is 0.608. The Kier molecular flexibility index (Phi) is 4.61. The first-order valence-electron chi connectivity index (χ1n) is 6.38. The molecule has 0 fully saturated rings. The molecule has 0 saturated carbocycles. The van der Waals surface area contributed by atoms with Crippen molar-refractivity contribution >= 4 is 22.5 Å². The predicted octanol–water partition coefficient (Wildman–Crippen LogP) is 3.39. The second kappa shape index (κ2) is 6.22. The van der Waals surface area contributed by atoms with Gasteiger partial charge in [0.1, 0.15) is 10.9 Å². The number of rotatable bonds is 5. The van der Waals surface area contributed by atoms with Crippen LogP contribution in [-0.2, 0) is 6.42 Å². The van der Waals surface area contributed by atoms with Crippen molar-refractivity contribution in [1.82, 2.24) is 9.88 Å². The molecule has 0 saturated heterocycles. The minimum Gasteiger partial charge on any atom is -0.497 e. The van der Waals surface area contributed by atoms with Crippen molar-refractivity contribution in [2.75, 3.05) is 27.7 Å². The number of hydrogen-bond donors (Lipinski definition) is 0. The SMILES string of the molecule is COc1ccc2nc(Cl)c(CCCN(C)C)cc2c1. The molecule has 1 aromatic carbocycles. The van der Waals surface area contributed by atoms with Crippen molar-refractivity contribution < 1.29 is 4.74 Å². The summed E-state index contributed by atoms with van der Waals surface area (Å²) in [5.74, 6) is 0.843. The van der Waals surface area contributed by atoms with Crippen molar-refractivity contribution in [3.05, 3.63) is 35.0 Å². The van der Waals surface area contributed by atoms with Gasteiger partial charge in [0.15, 0.2) is 0 Å². The van der Waals surface area contributed by atoms with Crippen molar-refractivity contribution in [2.45, 2.75) is 12.8 Å². The smallest absolute Gasteiger partial charge is 0.132 e. The first-order valence-corrected chi connectivity index (χ1v) is 6.76. The molecule has 0 unspecified atom stereocenters. The number of aromatic nitrogens is 1. The maximum atomic E-state index is 6.24. The lowest BCUT2D eigenvalue weighted by Gasteiger charge is -2.10. The molecule has 0 spiro atoms. The second-order valence-corrected chi connectivity index (χ2v) is 5.26. The summed E-state index contributed by atoms with van der Waals surface area (Å²) in [6.45, 7) is 1.05. The fourth-order valence-corrected chi connectivity index (χ4v) is 2.30. The van der Waals surface area contributed by atoms with Crippen LogP contribution in [0.3, 0.4) is 0 Å². The maximum Gasteiger partial charge on any atom is 0.132 e. The van der Waals surface area contributed by atoms with Crippen LogP contribution in [0, 0.1) is 0 Å². The standard InChI is InChI=1S/C15H19ClN2O/c1-18(2)8-4-5-11-9-12-10-13(19-3)6-7-14(12)17-15(11)16/h6-7,9-10H,4-5,8H2,1-3H3. The molecule has 0 aliphatic heterocycles. The summed E-state index contributed by atoms with van der Waals surface area (Å²) in [5, 5.41) is 1.68. The van der Waals surface area contributed by atoms with Gasteiger partial charge in [0.05, 0.1) is 12.6 Å². The zero-order valence-corrected chi connectivity index (χ0v) is 12.4. The number of aryl methyl sites for hydroxylation is 1. The fourth-order valence-electron chi connectivity index (χ4n) is 2.06.